The maximum atomic E-state index is 14.2. The van der Waals surface area contributed by atoms with Crippen molar-refractivity contribution in [3.63, 3.8) is 0 Å². The van der Waals surface area contributed by atoms with Gasteiger partial charge in [0.25, 0.3) is 5.91 Å². The van der Waals surface area contributed by atoms with Crippen LogP contribution in [0.25, 0.3) is 32.0 Å². The predicted octanol–water partition coefficient (Wildman–Crippen LogP) is 10.6. The van der Waals surface area contributed by atoms with Gasteiger partial charge in [-0.25, -0.2) is 9.97 Å². The Kier molecular flexibility index (Phi) is 12.6. The van der Waals surface area contributed by atoms with Gasteiger partial charge >= 0.3 is 0 Å². The first-order chi connectivity index (χ1) is 29.4. The third kappa shape index (κ3) is 8.97. The lowest BCUT2D eigenvalue weighted by molar-refractivity contribution is -0.134. The van der Waals surface area contributed by atoms with Gasteiger partial charge in [-0.05, 0) is 78.1 Å². The number of rotatable bonds is 13. The Balaban J connectivity index is 0.921. The van der Waals surface area contributed by atoms with Gasteiger partial charge < -0.3 is 15.1 Å². The molecule has 9 nitrogen and oxygen atoms in total. The third-order valence-corrected chi connectivity index (χ3v) is 13.4. The molecule has 6 aromatic rings. The molecule has 5 heterocycles. The number of carbonyl (C=O) groups excluding carboxylic acids is 3. The van der Waals surface area contributed by atoms with Crippen molar-refractivity contribution in [2.24, 2.45) is 0 Å². The van der Waals surface area contributed by atoms with E-state index in [0.717, 1.165) is 85.4 Å². The quantitative estimate of drug-likeness (QED) is 0.116. The highest BCUT2D eigenvalue weighted by Crippen LogP contribution is 2.40. The predicted molar refractivity (Wildman–Crippen MR) is 240 cm³/mol. The highest BCUT2D eigenvalue weighted by atomic mass is 32.1. The minimum Gasteiger partial charge on any atom is -0.335 e. The van der Waals surface area contributed by atoms with Gasteiger partial charge in [0.2, 0.25) is 11.8 Å². The van der Waals surface area contributed by atoms with E-state index in [0.29, 0.717) is 13.0 Å². The normalized spacial score (nSPS) is 17.2. The molecule has 11 heteroatoms. The standard InChI is InChI=1S/C49H46N6O3S2/c1-3-5-13-33(4-2)30-44(56)54-28-11-17-40(54)47-51-31-42(59-47)36-23-19-34(20-24-36)35-21-25-37(26-22-35)43-32-52-48(60-43)41-18-12-29-55(41)49(58)45(38-14-7-6-8-15-38)53-46(57)39-16-9-10-27-50-39/h3-10,13-16,19-27,31-32,40-41,45H,1,11-12,17-18,28-30H2,2H3,(H,53,57)/b13-5-,33-4+/t40-,41-,45+/m0/s1. The maximum absolute atomic E-state index is 14.2. The van der Waals surface area contributed by atoms with Gasteiger partial charge in [-0.3, -0.25) is 19.4 Å². The lowest BCUT2D eigenvalue weighted by atomic mass is 10.0. The zero-order valence-corrected chi connectivity index (χ0v) is 35.1. The number of amides is 3. The van der Waals surface area contributed by atoms with Crippen molar-refractivity contribution >= 4 is 40.4 Å². The van der Waals surface area contributed by atoms with Gasteiger partial charge in [0.1, 0.15) is 21.8 Å². The molecule has 0 aliphatic carbocycles. The summed E-state index contributed by atoms with van der Waals surface area (Å²) in [6, 6.07) is 30.6. The van der Waals surface area contributed by atoms with Crippen LogP contribution in [0.5, 0.6) is 0 Å². The van der Waals surface area contributed by atoms with E-state index >= 15 is 0 Å². The molecule has 3 aromatic carbocycles. The first-order valence-electron chi connectivity index (χ1n) is 20.3. The van der Waals surface area contributed by atoms with Crippen LogP contribution >= 0.6 is 22.7 Å². The number of nitrogens with one attached hydrogen (secondary N) is 1. The second-order valence-corrected chi connectivity index (χ2v) is 17.0. The zero-order valence-electron chi connectivity index (χ0n) is 33.4. The summed E-state index contributed by atoms with van der Waals surface area (Å²) < 4.78 is 0. The molecule has 302 valence electrons. The van der Waals surface area contributed by atoms with Crippen molar-refractivity contribution in [3.05, 3.63) is 173 Å². The van der Waals surface area contributed by atoms with Gasteiger partial charge in [-0.1, -0.05) is 116 Å². The first-order valence-corrected chi connectivity index (χ1v) is 22.0. The van der Waals surface area contributed by atoms with E-state index in [2.05, 4.69) is 65.4 Å². The van der Waals surface area contributed by atoms with E-state index in [-0.39, 0.29) is 29.6 Å². The van der Waals surface area contributed by atoms with Crippen LogP contribution in [-0.4, -0.2) is 55.6 Å². The summed E-state index contributed by atoms with van der Waals surface area (Å²) in [6.45, 7) is 7.04. The summed E-state index contributed by atoms with van der Waals surface area (Å²) in [5.41, 5.74) is 6.35. The van der Waals surface area contributed by atoms with E-state index in [1.165, 1.54) is 0 Å². The van der Waals surface area contributed by atoms with Crippen LogP contribution in [0.4, 0.5) is 0 Å². The molecular formula is C49H46N6O3S2. The van der Waals surface area contributed by atoms with E-state index in [1.54, 1.807) is 53.1 Å². The number of carbonyl (C=O) groups is 3. The number of thiazole rings is 2. The number of pyridine rings is 1. The first kappa shape index (κ1) is 40.5. The summed E-state index contributed by atoms with van der Waals surface area (Å²) in [6.07, 6.45) is 16.8. The summed E-state index contributed by atoms with van der Waals surface area (Å²) in [5, 5.41) is 4.83. The van der Waals surface area contributed by atoms with Gasteiger partial charge in [0.15, 0.2) is 0 Å². The fourth-order valence-corrected chi connectivity index (χ4v) is 10.1. The molecule has 0 bridgehead atoms. The highest BCUT2D eigenvalue weighted by molar-refractivity contribution is 7.15. The smallest absolute Gasteiger partial charge is 0.270 e. The summed E-state index contributed by atoms with van der Waals surface area (Å²) in [7, 11) is 0. The minimum atomic E-state index is -0.852. The van der Waals surface area contributed by atoms with Crippen LogP contribution in [0.15, 0.2) is 152 Å². The van der Waals surface area contributed by atoms with Gasteiger partial charge in [-0.2, -0.15) is 0 Å². The van der Waals surface area contributed by atoms with Crippen molar-refractivity contribution in [1.29, 1.82) is 0 Å². The van der Waals surface area contributed by atoms with Crippen molar-refractivity contribution in [2.45, 2.75) is 57.2 Å². The molecule has 0 unspecified atom stereocenters. The molecule has 2 aliphatic heterocycles. The molecule has 2 aliphatic rings. The number of nitrogens with zero attached hydrogens (tertiary/aromatic N) is 5. The van der Waals surface area contributed by atoms with E-state index in [9.17, 15) is 14.4 Å². The second-order valence-electron chi connectivity index (χ2n) is 14.9. The number of likely N-dealkylation sites (tertiary alicyclic amines) is 2. The Morgan fingerprint density at radius 1 is 0.750 bits per heavy atom. The molecule has 60 heavy (non-hydrogen) atoms. The highest BCUT2D eigenvalue weighted by Gasteiger charge is 2.37. The van der Waals surface area contributed by atoms with E-state index < -0.39 is 11.9 Å². The van der Waals surface area contributed by atoms with Crippen LogP contribution in [0.2, 0.25) is 0 Å². The molecular weight excluding hydrogens is 785 g/mol. The van der Waals surface area contributed by atoms with Gasteiger partial charge in [0, 0.05) is 31.7 Å². The zero-order chi connectivity index (χ0) is 41.4. The Hall–Kier alpha value is -6.30. The van der Waals surface area contributed by atoms with Crippen molar-refractivity contribution in [2.75, 3.05) is 13.1 Å². The largest absolute Gasteiger partial charge is 0.335 e. The number of aromatic nitrogens is 3. The molecule has 2 fully saturated rings. The topological polar surface area (TPSA) is 108 Å². The molecule has 2 saturated heterocycles. The monoisotopic (exact) mass is 830 g/mol. The van der Waals surface area contributed by atoms with E-state index in [4.69, 9.17) is 9.97 Å². The SMILES string of the molecule is C=C/C=C\C(=C/C)CC(=O)N1CCC[C@H]1c1ncc(-c2ccc(-c3ccc(-c4cnc([C@@H]5CCCN5C(=O)[C@H](NC(=O)c5ccccn5)c5ccccc5)s4)cc3)cc2)s1. The second kappa shape index (κ2) is 18.7. The van der Waals surface area contributed by atoms with Crippen LogP contribution in [0, 0.1) is 0 Å². The van der Waals surface area contributed by atoms with Crippen LogP contribution in [0.3, 0.4) is 0 Å². The molecule has 3 atom stereocenters. The van der Waals surface area contributed by atoms with E-state index in [1.807, 2.05) is 77.7 Å². The van der Waals surface area contributed by atoms with Gasteiger partial charge in [0.05, 0.1) is 28.3 Å². The molecule has 0 radical (unpaired) electrons. The van der Waals surface area contributed by atoms with Crippen LogP contribution < -0.4 is 5.32 Å². The Bertz CT molecular complexity index is 2510. The van der Waals surface area contributed by atoms with Crippen molar-refractivity contribution < 1.29 is 14.4 Å². The van der Waals surface area contributed by atoms with Crippen LogP contribution in [-0.2, 0) is 9.59 Å². The summed E-state index contributed by atoms with van der Waals surface area (Å²) >= 11 is 3.27. The minimum absolute atomic E-state index is 0.00844. The summed E-state index contributed by atoms with van der Waals surface area (Å²) in [4.78, 5) is 60.5. The molecule has 3 amide bonds. The fraction of sp³-hybridized carbons (Fsp3) is 0.224. The Morgan fingerprint density at radius 3 is 1.88 bits per heavy atom. The number of benzene rings is 3. The average Bonchev–Trinajstić information content (AvgIpc) is 4.15. The number of hydrogen-bond acceptors (Lipinski definition) is 8. The van der Waals surface area contributed by atoms with Gasteiger partial charge in [-0.15, -0.1) is 22.7 Å². The average molecular weight is 831 g/mol. The molecule has 8 rings (SSSR count). The molecule has 0 saturated carbocycles. The molecule has 0 spiro atoms. The number of allylic oxidation sites excluding steroid dienone is 4. The van der Waals surface area contributed by atoms with Crippen molar-refractivity contribution in [1.82, 2.24) is 30.1 Å². The summed E-state index contributed by atoms with van der Waals surface area (Å²) in [5.74, 6) is -0.421. The number of hydrogen-bond donors (Lipinski definition) is 1. The van der Waals surface area contributed by atoms with Crippen LogP contribution in [0.1, 0.15) is 83.2 Å². The lowest BCUT2D eigenvalue weighted by Gasteiger charge is -2.28. The molecule has 1 N–H and O–H groups in total. The van der Waals surface area contributed by atoms with Crippen molar-refractivity contribution in [3.8, 4) is 32.0 Å². The fourth-order valence-electron chi connectivity index (χ4n) is 7.94. The lowest BCUT2D eigenvalue weighted by Crippen LogP contribution is -2.42. The molecule has 3 aromatic heterocycles. The Labute approximate surface area is 358 Å². The third-order valence-electron chi connectivity index (χ3n) is 11.1. The maximum Gasteiger partial charge on any atom is 0.270 e. The Morgan fingerprint density at radius 2 is 1.32 bits per heavy atom.